The molecule has 0 bridgehead atoms. The van der Waals surface area contributed by atoms with Crippen molar-refractivity contribution in [1.82, 2.24) is 4.90 Å². The molecule has 0 spiro atoms. The largest absolute Gasteiger partial charge is 0.459 e. The zero-order valence-corrected chi connectivity index (χ0v) is 12.7. The minimum Gasteiger partial charge on any atom is -0.459 e. The Hall–Kier alpha value is -2.76. The highest BCUT2D eigenvalue weighted by Gasteiger charge is 2.64. The van der Waals surface area contributed by atoms with E-state index in [9.17, 15) is 18.4 Å². The minimum atomic E-state index is -3.50. The normalized spacial score (nSPS) is 18.8. The SMILES string of the molecule is O=C(CN1C(=O)C(F)(F)C1c1ccccc1)OCc1ccccc1. The van der Waals surface area contributed by atoms with E-state index in [2.05, 4.69) is 0 Å². The van der Waals surface area contributed by atoms with Crippen LogP contribution in [0.3, 0.4) is 0 Å². The van der Waals surface area contributed by atoms with Gasteiger partial charge in [0, 0.05) is 0 Å². The molecule has 1 aliphatic rings. The molecule has 0 radical (unpaired) electrons. The molecule has 1 heterocycles. The van der Waals surface area contributed by atoms with Crippen LogP contribution in [0.1, 0.15) is 17.2 Å². The molecule has 0 saturated carbocycles. The second-order valence-electron chi connectivity index (χ2n) is 5.52. The van der Waals surface area contributed by atoms with Crippen LogP contribution in [-0.2, 0) is 20.9 Å². The predicted molar refractivity (Wildman–Crippen MR) is 82.1 cm³/mol. The number of alkyl halides is 2. The maximum atomic E-state index is 13.9. The van der Waals surface area contributed by atoms with Crippen molar-refractivity contribution >= 4 is 11.9 Å². The Bertz CT molecular complexity index is 734. The lowest BCUT2D eigenvalue weighted by atomic mass is 9.90. The number of likely N-dealkylation sites (tertiary alicyclic amines) is 1. The van der Waals surface area contributed by atoms with Crippen molar-refractivity contribution in [3.8, 4) is 0 Å². The molecule has 0 aromatic heterocycles. The van der Waals surface area contributed by atoms with E-state index in [1.54, 1.807) is 42.5 Å². The number of β-lactam (4-membered cyclic amide) rings is 1. The van der Waals surface area contributed by atoms with Gasteiger partial charge >= 0.3 is 11.9 Å². The first kappa shape index (κ1) is 16.1. The molecule has 3 rings (SSSR count). The van der Waals surface area contributed by atoms with Crippen LogP contribution < -0.4 is 0 Å². The number of nitrogens with zero attached hydrogens (tertiary/aromatic N) is 1. The molecular weight excluding hydrogens is 316 g/mol. The summed E-state index contributed by atoms with van der Waals surface area (Å²) >= 11 is 0. The van der Waals surface area contributed by atoms with Gasteiger partial charge in [-0.15, -0.1) is 0 Å². The van der Waals surface area contributed by atoms with Crippen molar-refractivity contribution in [1.29, 1.82) is 0 Å². The number of carbonyl (C=O) groups excluding carboxylic acids is 2. The number of benzene rings is 2. The van der Waals surface area contributed by atoms with Gasteiger partial charge in [0.1, 0.15) is 19.2 Å². The summed E-state index contributed by atoms with van der Waals surface area (Å²) in [7, 11) is 0. The van der Waals surface area contributed by atoms with Gasteiger partial charge in [0.25, 0.3) is 5.91 Å². The Labute approximate surface area is 137 Å². The summed E-state index contributed by atoms with van der Waals surface area (Å²) in [4.78, 5) is 24.4. The molecule has 2 aromatic rings. The van der Waals surface area contributed by atoms with E-state index in [0.717, 1.165) is 10.5 Å². The highest BCUT2D eigenvalue weighted by atomic mass is 19.3. The molecule has 124 valence electrons. The molecule has 24 heavy (non-hydrogen) atoms. The molecule has 1 amide bonds. The molecule has 6 heteroatoms. The average Bonchev–Trinajstić information content (AvgIpc) is 2.60. The number of hydrogen-bond acceptors (Lipinski definition) is 3. The van der Waals surface area contributed by atoms with Gasteiger partial charge in [0.15, 0.2) is 0 Å². The van der Waals surface area contributed by atoms with Crippen molar-refractivity contribution in [2.75, 3.05) is 6.54 Å². The quantitative estimate of drug-likeness (QED) is 0.625. The minimum absolute atomic E-state index is 0.0358. The van der Waals surface area contributed by atoms with Crippen LogP contribution in [0, 0.1) is 0 Å². The number of carbonyl (C=O) groups is 2. The van der Waals surface area contributed by atoms with E-state index in [1.807, 2.05) is 6.07 Å². The van der Waals surface area contributed by atoms with Gasteiger partial charge in [-0.2, -0.15) is 8.78 Å². The summed E-state index contributed by atoms with van der Waals surface area (Å²) in [5, 5.41) is 0. The van der Waals surface area contributed by atoms with Crippen molar-refractivity contribution in [2.45, 2.75) is 18.6 Å². The van der Waals surface area contributed by atoms with Gasteiger partial charge in [-0.1, -0.05) is 60.7 Å². The van der Waals surface area contributed by atoms with Gasteiger partial charge in [0.2, 0.25) is 0 Å². The molecule has 4 nitrogen and oxygen atoms in total. The Morgan fingerprint density at radius 2 is 1.62 bits per heavy atom. The Kier molecular flexibility index (Phi) is 4.29. The fraction of sp³-hybridized carbons (Fsp3) is 0.222. The van der Waals surface area contributed by atoms with Crippen LogP contribution in [0.4, 0.5) is 8.78 Å². The molecular formula is C18H15F2NO3. The van der Waals surface area contributed by atoms with E-state index in [1.165, 1.54) is 12.1 Å². The smallest absolute Gasteiger partial charge is 0.348 e. The Morgan fingerprint density at radius 3 is 2.25 bits per heavy atom. The van der Waals surface area contributed by atoms with Crippen LogP contribution in [0.2, 0.25) is 0 Å². The van der Waals surface area contributed by atoms with Gasteiger partial charge in [-0.3, -0.25) is 9.59 Å². The lowest BCUT2D eigenvalue weighted by Crippen LogP contribution is -2.64. The fourth-order valence-electron chi connectivity index (χ4n) is 2.67. The van der Waals surface area contributed by atoms with Crippen LogP contribution in [0.25, 0.3) is 0 Å². The lowest BCUT2D eigenvalue weighted by Gasteiger charge is -2.46. The van der Waals surface area contributed by atoms with E-state index >= 15 is 0 Å². The second kappa shape index (κ2) is 6.39. The van der Waals surface area contributed by atoms with Gasteiger partial charge in [-0.05, 0) is 11.1 Å². The number of ether oxygens (including phenoxy) is 1. The average molecular weight is 331 g/mol. The number of rotatable bonds is 5. The van der Waals surface area contributed by atoms with E-state index in [4.69, 9.17) is 4.74 Å². The molecule has 1 aliphatic heterocycles. The fourth-order valence-corrected chi connectivity index (χ4v) is 2.67. The molecule has 0 aliphatic carbocycles. The molecule has 1 unspecified atom stereocenters. The van der Waals surface area contributed by atoms with Gasteiger partial charge in [-0.25, -0.2) is 0 Å². The zero-order chi connectivity index (χ0) is 17.2. The maximum absolute atomic E-state index is 13.9. The lowest BCUT2D eigenvalue weighted by molar-refractivity contribution is -0.208. The van der Waals surface area contributed by atoms with Gasteiger partial charge < -0.3 is 9.64 Å². The molecule has 1 saturated heterocycles. The van der Waals surface area contributed by atoms with Crippen LogP contribution in [0.15, 0.2) is 60.7 Å². The van der Waals surface area contributed by atoms with Gasteiger partial charge in [0.05, 0.1) is 0 Å². The summed E-state index contributed by atoms with van der Waals surface area (Å²) in [6, 6.07) is 15.5. The first-order valence-electron chi connectivity index (χ1n) is 7.43. The highest BCUT2D eigenvalue weighted by molar-refractivity contribution is 5.94. The third-order valence-corrected chi connectivity index (χ3v) is 3.86. The van der Waals surface area contributed by atoms with E-state index in [0.29, 0.717) is 0 Å². The molecule has 1 atom stereocenters. The Balaban J connectivity index is 1.65. The van der Waals surface area contributed by atoms with Crippen molar-refractivity contribution < 1.29 is 23.1 Å². The predicted octanol–water partition coefficient (Wildman–Crippen LogP) is 2.95. The summed E-state index contributed by atoms with van der Waals surface area (Å²) in [5.74, 6) is -5.57. The first-order valence-corrected chi connectivity index (χ1v) is 7.43. The van der Waals surface area contributed by atoms with Crippen LogP contribution >= 0.6 is 0 Å². The zero-order valence-electron chi connectivity index (χ0n) is 12.7. The highest BCUT2D eigenvalue weighted by Crippen LogP contribution is 2.46. The third kappa shape index (κ3) is 2.99. The number of amides is 1. The number of esters is 1. The standard InChI is InChI=1S/C18H15F2NO3/c19-18(20)16(14-9-5-2-6-10-14)21(17(18)23)11-15(22)24-12-13-7-3-1-4-8-13/h1-10,16H,11-12H2. The number of hydrogen-bond donors (Lipinski definition) is 0. The number of halogens is 2. The van der Waals surface area contributed by atoms with Crippen LogP contribution in [-0.4, -0.2) is 29.2 Å². The summed E-state index contributed by atoms with van der Waals surface area (Å²) in [6.45, 7) is -0.463. The van der Waals surface area contributed by atoms with E-state index in [-0.39, 0.29) is 12.2 Å². The Morgan fingerprint density at radius 1 is 1.04 bits per heavy atom. The maximum Gasteiger partial charge on any atom is 0.348 e. The first-order chi connectivity index (χ1) is 11.5. The summed E-state index contributed by atoms with van der Waals surface area (Å²) in [6.07, 6.45) is 0. The second-order valence-corrected chi connectivity index (χ2v) is 5.52. The molecule has 1 fully saturated rings. The van der Waals surface area contributed by atoms with Crippen molar-refractivity contribution in [2.24, 2.45) is 0 Å². The van der Waals surface area contributed by atoms with Crippen LogP contribution in [0.5, 0.6) is 0 Å². The topological polar surface area (TPSA) is 46.6 Å². The molecule has 0 N–H and O–H groups in total. The monoisotopic (exact) mass is 331 g/mol. The molecule has 2 aromatic carbocycles. The van der Waals surface area contributed by atoms with E-state index < -0.39 is 30.4 Å². The summed E-state index contributed by atoms with van der Waals surface area (Å²) < 4.78 is 32.8. The van der Waals surface area contributed by atoms with Crippen molar-refractivity contribution in [3.05, 3.63) is 71.8 Å². The summed E-state index contributed by atoms with van der Waals surface area (Å²) in [5.41, 5.74) is 1.07. The third-order valence-electron chi connectivity index (χ3n) is 3.86. The van der Waals surface area contributed by atoms with Crippen molar-refractivity contribution in [3.63, 3.8) is 0 Å².